The maximum Gasteiger partial charge on any atom is 0.338 e. The van der Waals surface area contributed by atoms with Crippen LogP contribution >= 0.6 is 15.9 Å². The number of hydrogen-bond acceptors (Lipinski definition) is 5. The smallest absolute Gasteiger partial charge is 0.338 e. The molecule has 0 atom stereocenters. The van der Waals surface area contributed by atoms with Crippen LogP contribution in [0.1, 0.15) is 28.4 Å². The number of aryl methyl sites for hydroxylation is 2. The Kier molecular flexibility index (Phi) is 8.11. The van der Waals surface area contributed by atoms with Gasteiger partial charge in [0.2, 0.25) is 5.91 Å². The molecular formula is C25H25BrN2O5S. The largest absolute Gasteiger partial charge is 0.462 e. The third-order valence-electron chi connectivity index (χ3n) is 5.02. The molecular weight excluding hydrogens is 520 g/mol. The second kappa shape index (κ2) is 10.8. The van der Waals surface area contributed by atoms with E-state index < -0.39 is 28.4 Å². The molecule has 0 saturated carbocycles. The van der Waals surface area contributed by atoms with E-state index in [1.165, 1.54) is 18.2 Å². The summed E-state index contributed by atoms with van der Waals surface area (Å²) in [5.74, 6) is -1.06. The van der Waals surface area contributed by atoms with Crippen LogP contribution in [0.25, 0.3) is 0 Å². The maximum atomic E-state index is 13.5. The zero-order valence-corrected chi connectivity index (χ0v) is 21.4. The van der Waals surface area contributed by atoms with Crippen LogP contribution in [-0.4, -0.2) is 33.4 Å². The lowest BCUT2D eigenvalue weighted by molar-refractivity contribution is -0.114. The summed E-state index contributed by atoms with van der Waals surface area (Å²) in [4.78, 5) is 25.2. The molecule has 0 spiro atoms. The predicted octanol–water partition coefficient (Wildman–Crippen LogP) is 5.08. The fourth-order valence-corrected chi connectivity index (χ4v) is 5.00. The molecule has 0 aliphatic heterocycles. The summed E-state index contributed by atoms with van der Waals surface area (Å²) in [6, 6.07) is 18.0. The lowest BCUT2D eigenvalue weighted by atomic mass is 10.1. The fraction of sp³-hybridized carbons (Fsp3) is 0.200. The van der Waals surface area contributed by atoms with Crippen molar-refractivity contribution in [3.63, 3.8) is 0 Å². The quantitative estimate of drug-likeness (QED) is 0.399. The van der Waals surface area contributed by atoms with Crippen molar-refractivity contribution in [1.29, 1.82) is 0 Å². The summed E-state index contributed by atoms with van der Waals surface area (Å²) in [5.41, 5.74) is 2.66. The number of ether oxygens (including phenoxy) is 1. The number of esters is 1. The summed E-state index contributed by atoms with van der Waals surface area (Å²) in [7, 11) is -4.04. The first-order valence-corrected chi connectivity index (χ1v) is 12.8. The first-order valence-electron chi connectivity index (χ1n) is 10.5. The van der Waals surface area contributed by atoms with Crippen LogP contribution in [-0.2, 0) is 19.6 Å². The van der Waals surface area contributed by atoms with Gasteiger partial charge in [-0.25, -0.2) is 13.2 Å². The van der Waals surface area contributed by atoms with Crippen LogP contribution in [0.4, 0.5) is 11.4 Å². The molecule has 9 heteroatoms. The van der Waals surface area contributed by atoms with Gasteiger partial charge < -0.3 is 10.1 Å². The van der Waals surface area contributed by atoms with Crippen LogP contribution in [0.3, 0.4) is 0 Å². The van der Waals surface area contributed by atoms with E-state index in [1.54, 1.807) is 62.4 Å². The normalized spacial score (nSPS) is 11.1. The van der Waals surface area contributed by atoms with Gasteiger partial charge in [0.05, 0.1) is 22.8 Å². The molecule has 1 N–H and O–H groups in total. The molecule has 0 aliphatic rings. The Morgan fingerprint density at radius 3 is 2.35 bits per heavy atom. The number of nitrogens with zero attached hydrogens (tertiary/aromatic N) is 1. The number of nitrogens with one attached hydrogen (secondary N) is 1. The van der Waals surface area contributed by atoms with Gasteiger partial charge >= 0.3 is 5.97 Å². The molecule has 34 heavy (non-hydrogen) atoms. The number of sulfonamides is 1. The van der Waals surface area contributed by atoms with Crippen LogP contribution in [0.15, 0.2) is 76.1 Å². The molecule has 0 radical (unpaired) electrons. The Bertz CT molecular complexity index is 1310. The molecule has 0 unspecified atom stereocenters. The SMILES string of the molecule is CCOC(=O)c1ccc(C)c(NC(=O)CN(c2cccc(Br)c2)S(=O)(=O)c2ccc(C)cc2)c1. The van der Waals surface area contributed by atoms with Crippen molar-refractivity contribution in [3.05, 3.63) is 87.9 Å². The lowest BCUT2D eigenvalue weighted by Gasteiger charge is -2.24. The van der Waals surface area contributed by atoms with Crippen molar-refractivity contribution in [2.75, 3.05) is 22.8 Å². The second-order valence-electron chi connectivity index (χ2n) is 7.60. The van der Waals surface area contributed by atoms with Crippen LogP contribution < -0.4 is 9.62 Å². The number of hydrogen-bond donors (Lipinski definition) is 1. The number of carbonyl (C=O) groups excluding carboxylic acids is 2. The summed E-state index contributed by atoms with van der Waals surface area (Å²) in [5, 5.41) is 2.73. The summed E-state index contributed by atoms with van der Waals surface area (Å²) >= 11 is 3.36. The number of anilines is 2. The number of carbonyl (C=O) groups is 2. The first-order chi connectivity index (χ1) is 16.1. The van der Waals surface area contributed by atoms with E-state index in [2.05, 4.69) is 21.2 Å². The van der Waals surface area contributed by atoms with E-state index in [9.17, 15) is 18.0 Å². The zero-order chi connectivity index (χ0) is 24.9. The summed E-state index contributed by atoms with van der Waals surface area (Å²) in [6.07, 6.45) is 0. The van der Waals surface area contributed by atoms with Crippen molar-refractivity contribution >= 4 is 49.2 Å². The molecule has 0 heterocycles. The highest BCUT2D eigenvalue weighted by Gasteiger charge is 2.27. The molecule has 3 aromatic carbocycles. The van der Waals surface area contributed by atoms with Crippen molar-refractivity contribution in [2.45, 2.75) is 25.7 Å². The minimum absolute atomic E-state index is 0.0753. The first kappa shape index (κ1) is 25.5. The standard InChI is InChI=1S/C25H25BrN2O5S/c1-4-33-25(30)19-11-10-18(3)23(14-19)27-24(29)16-28(21-7-5-6-20(26)15-21)34(31,32)22-12-8-17(2)9-13-22/h5-15H,4,16H2,1-3H3,(H,27,29). The Morgan fingerprint density at radius 1 is 1.00 bits per heavy atom. The predicted molar refractivity (Wildman–Crippen MR) is 136 cm³/mol. The monoisotopic (exact) mass is 544 g/mol. The van der Waals surface area contributed by atoms with Crippen molar-refractivity contribution < 1.29 is 22.7 Å². The van der Waals surface area contributed by atoms with E-state index in [0.717, 1.165) is 15.4 Å². The van der Waals surface area contributed by atoms with Gasteiger partial charge in [-0.05, 0) is 68.8 Å². The highest BCUT2D eigenvalue weighted by Crippen LogP contribution is 2.27. The highest BCUT2D eigenvalue weighted by molar-refractivity contribution is 9.10. The second-order valence-corrected chi connectivity index (χ2v) is 10.4. The topological polar surface area (TPSA) is 92.8 Å². The van der Waals surface area contributed by atoms with Crippen LogP contribution in [0.5, 0.6) is 0 Å². The average Bonchev–Trinajstić information content (AvgIpc) is 2.79. The van der Waals surface area contributed by atoms with Gasteiger partial charge in [0.1, 0.15) is 6.54 Å². The van der Waals surface area contributed by atoms with Crippen molar-refractivity contribution in [3.8, 4) is 0 Å². The van der Waals surface area contributed by atoms with Gasteiger partial charge in [-0.3, -0.25) is 9.10 Å². The van der Waals surface area contributed by atoms with Gasteiger partial charge in [0, 0.05) is 10.2 Å². The number of benzene rings is 3. The molecule has 178 valence electrons. The highest BCUT2D eigenvalue weighted by atomic mass is 79.9. The number of amides is 1. The van der Waals surface area contributed by atoms with Gasteiger partial charge in [-0.2, -0.15) is 0 Å². The minimum atomic E-state index is -4.04. The molecule has 3 aromatic rings. The fourth-order valence-electron chi connectivity index (χ4n) is 3.20. The van der Waals surface area contributed by atoms with E-state index >= 15 is 0 Å². The Hall–Kier alpha value is -3.17. The zero-order valence-electron chi connectivity index (χ0n) is 19.0. The Labute approximate surface area is 207 Å². The van der Waals surface area contributed by atoms with E-state index in [-0.39, 0.29) is 11.5 Å². The lowest BCUT2D eigenvalue weighted by Crippen LogP contribution is -2.38. The van der Waals surface area contributed by atoms with Gasteiger partial charge in [-0.15, -0.1) is 0 Å². The maximum absolute atomic E-state index is 13.5. The van der Waals surface area contributed by atoms with Crippen LogP contribution in [0, 0.1) is 13.8 Å². The van der Waals surface area contributed by atoms with Crippen molar-refractivity contribution in [2.24, 2.45) is 0 Å². The molecule has 0 aromatic heterocycles. The van der Waals surface area contributed by atoms with Crippen LogP contribution in [0.2, 0.25) is 0 Å². The van der Waals surface area contributed by atoms with Gasteiger partial charge in [-0.1, -0.05) is 45.8 Å². The van der Waals surface area contributed by atoms with Gasteiger partial charge in [0.25, 0.3) is 10.0 Å². The molecule has 0 bridgehead atoms. The Morgan fingerprint density at radius 2 is 1.71 bits per heavy atom. The molecule has 0 fully saturated rings. The molecule has 0 aliphatic carbocycles. The average molecular weight is 545 g/mol. The molecule has 3 rings (SSSR count). The van der Waals surface area contributed by atoms with Crippen molar-refractivity contribution in [1.82, 2.24) is 0 Å². The van der Waals surface area contributed by atoms with Gasteiger partial charge in [0.15, 0.2) is 0 Å². The molecule has 1 amide bonds. The van der Waals surface area contributed by atoms with E-state index in [4.69, 9.17) is 4.74 Å². The summed E-state index contributed by atoms with van der Waals surface area (Å²) in [6.45, 7) is 5.12. The summed E-state index contributed by atoms with van der Waals surface area (Å²) < 4.78 is 33.7. The third kappa shape index (κ3) is 6.03. The Balaban J connectivity index is 1.93. The third-order valence-corrected chi connectivity index (χ3v) is 7.30. The molecule has 0 saturated heterocycles. The van der Waals surface area contributed by atoms with E-state index in [1.807, 2.05) is 6.92 Å². The minimum Gasteiger partial charge on any atom is -0.462 e. The van der Waals surface area contributed by atoms with E-state index in [0.29, 0.717) is 21.4 Å². The number of rotatable bonds is 8. The molecule has 7 nitrogen and oxygen atoms in total. The number of halogens is 1.